The molecule has 0 spiro atoms. The van der Waals surface area contributed by atoms with Gasteiger partial charge in [-0.1, -0.05) is 33.8 Å². The van der Waals surface area contributed by atoms with Crippen LogP contribution in [-0.2, 0) is 13.8 Å². The van der Waals surface area contributed by atoms with Crippen LogP contribution in [0, 0.1) is 6.92 Å². The molecule has 0 aliphatic rings. The second-order valence-electron chi connectivity index (χ2n) is 2.91. The molecule has 0 aliphatic heterocycles. The summed E-state index contributed by atoms with van der Waals surface area (Å²) in [5.74, 6) is -0.588. The second-order valence-corrected chi connectivity index (χ2v) is 5.47. The maximum absolute atomic E-state index is 11.3. The van der Waals surface area contributed by atoms with Gasteiger partial charge < -0.3 is 4.74 Å². The van der Waals surface area contributed by atoms with Crippen LogP contribution in [0.5, 0.6) is 0 Å². The SMILES string of the molecule is CC.CC.COC(=O)c1cc(S(=O)(=O)Cl)ccc1C. The molecular formula is C13H21ClO4S. The Hall–Kier alpha value is -1.07. The van der Waals surface area contributed by atoms with Gasteiger partial charge in [0.1, 0.15) is 0 Å². The van der Waals surface area contributed by atoms with Gasteiger partial charge in [-0.05, 0) is 24.6 Å². The van der Waals surface area contributed by atoms with E-state index >= 15 is 0 Å². The lowest BCUT2D eigenvalue weighted by Gasteiger charge is -2.04. The maximum Gasteiger partial charge on any atom is 0.338 e. The van der Waals surface area contributed by atoms with Gasteiger partial charge in [-0.2, -0.15) is 0 Å². The molecule has 0 atom stereocenters. The highest BCUT2D eigenvalue weighted by atomic mass is 35.7. The smallest absolute Gasteiger partial charge is 0.338 e. The summed E-state index contributed by atoms with van der Waals surface area (Å²) in [6.45, 7) is 9.68. The van der Waals surface area contributed by atoms with E-state index in [9.17, 15) is 13.2 Å². The first-order valence-corrected chi connectivity index (χ1v) is 8.31. The standard InChI is InChI=1S/C9H9ClO4S.2C2H6/c1-6-3-4-7(15(10,12)13)5-8(6)9(11)14-2;2*1-2/h3-5H,1-2H3;2*1-2H3. The van der Waals surface area contributed by atoms with Crippen molar-refractivity contribution in [3.8, 4) is 0 Å². The van der Waals surface area contributed by atoms with Gasteiger partial charge in [0.15, 0.2) is 0 Å². The van der Waals surface area contributed by atoms with E-state index in [1.165, 1.54) is 25.3 Å². The maximum atomic E-state index is 11.3. The van der Waals surface area contributed by atoms with E-state index in [0.717, 1.165) is 0 Å². The zero-order valence-corrected chi connectivity index (χ0v) is 13.7. The van der Waals surface area contributed by atoms with Crippen LogP contribution < -0.4 is 0 Å². The van der Waals surface area contributed by atoms with Gasteiger partial charge in [0.25, 0.3) is 9.05 Å². The Bertz CT molecular complexity index is 495. The van der Waals surface area contributed by atoms with Gasteiger partial charge >= 0.3 is 5.97 Å². The summed E-state index contributed by atoms with van der Waals surface area (Å²) >= 11 is 0. The lowest BCUT2D eigenvalue weighted by atomic mass is 10.1. The van der Waals surface area contributed by atoms with Crippen LogP contribution in [0.25, 0.3) is 0 Å². The van der Waals surface area contributed by atoms with E-state index in [1.54, 1.807) is 6.92 Å². The molecular weight excluding hydrogens is 288 g/mol. The van der Waals surface area contributed by atoms with Crippen molar-refractivity contribution in [1.82, 2.24) is 0 Å². The number of methoxy groups -OCH3 is 1. The number of aryl methyl sites for hydroxylation is 1. The van der Waals surface area contributed by atoms with E-state index in [2.05, 4.69) is 4.74 Å². The van der Waals surface area contributed by atoms with Crippen LogP contribution in [0.15, 0.2) is 23.1 Å². The number of carbonyl (C=O) groups is 1. The second kappa shape index (κ2) is 9.81. The average molecular weight is 309 g/mol. The highest BCUT2D eigenvalue weighted by molar-refractivity contribution is 8.13. The van der Waals surface area contributed by atoms with Crippen molar-refractivity contribution in [3.63, 3.8) is 0 Å². The number of ether oxygens (including phenoxy) is 1. The molecule has 1 rings (SSSR count). The molecule has 1 aromatic carbocycles. The first-order valence-electron chi connectivity index (χ1n) is 6.00. The minimum absolute atomic E-state index is 0.116. The van der Waals surface area contributed by atoms with E-state index in [0.29, 0.717) is 5.56 Å². The molecule has 0 bridgehead atoms. The van der Waals surface area contributed by atoms with Crippen LogP contribution in [-0.4, -0.2) is 21.5 Å². The molecule has 0 aromatic heterocycles. The first-order chi connectivity index (χ1) is 8.86. The fourth-order valence-corrected chi connectivity index (χ4v) is 1.86. The molecule has 0 fully saturated rings. The summed E-state index contributed by atoms with van der Waals surface area (Å²) < 4.78 is 26.5. The predicted molar refractivity (Wildman–Crippen MR) is 78.3 cm³/mol. The summed E-state index contributed by atoms with van der Waals surface area (Å²) in [6.07, 6.45) is 0. The quantitative estimate of drug-likeness (QED) is 0.616. The molecule has 0 saturated heterocycles. The summed E-state index contributed by atoms with van der Waals surface area (Å²) in [5.41, 5.74) is 0.824. The van der Waals surface area contributed by atoms with E-state index in [1.807, 2.05) is 27.7 Å². The van der Waals surface area contributed by atoms with Gasteiger partial charge in [0.2, 0.25) is 0 Å². The summed E-state index contributed by atoms with van der Waals surface area (Å²) in [6, 6.07) is 4.04. The molecule has 1 aromatic rings. The van der Waals surface area contributed by atoms with Crippen molar-refractivity contribution in [2.45, 2.75) is 39.5 Å². The van der Waals surface area contributed by atoms with Crippen molar-refractivity contribution in [3.05, 3.63) is 29.3 Å². The third-order valence-electron chi connectivity index (χ3n) is 1.90. The Kier molecular flexibility index (Phi) is 10.5. The van der Waals surface area contributed by atoms with E-state index in [-0.39, 0.29) is 10.5 Å². The molecule has 0 saturated carbocycles. The number of hydrogen-bond donors (Lipinski definition) is 0. The van der Waals surface area contributed by atoms with Crippen molar-refractivity contribution < 1.29 is 17.9 Å². The summed E-state index contributed by atoms with van der Waals surface area (Å²) in [5, 5.41) is 0. The average Bonchev–Trinajstić information content (AvgIpc) is 2.41. The molecule has 6 heteroatoms. The molecule has 0 radical (unpaired) electrons. The van der Waals surface area contributed by atoms with Crippen LogP contribution in [0.1, 0.15) is 43.6 Å². The Labute approximate surface area is 120 Å². The number of benzene rings is 1. The molecule has 0 heterocycles. The lowest BCUT2D eigenvalue weighted by molar-refractivity contribution is 0.0599. The van der Waals surface area contributed by atoms with Crippen LogP contribution in [0.4, 0.5) is 0 Å². The normalized spacial score (nSPS) is 9.42. The minimum atomic E-state index is -3.82. The van der Waals surface area contributed by atoms with Gasteiger partial charge in [-0.3, -0.25) is 0 Å². The number of esters is 1. The number of rotatable bonds is 2. The van der Waals surface area contributed by atoms with Crippen molar-refractivity contribution >= 4 is 25.7 Å². The zero-order chi connectivity index (χ0) is 15.6. The zero-order valence-electron chi connectivity index (χ0n) is 12.2. The molecule has 0 N–H and O–H groups in total. The molecule has 19 heavy (non-hydrogen) atoms. The topological polar surface area (TPSA) is 60.4 Å². The molecule has 0 amide bonds. The van der Waals surface area contributed by atoms with Gasteiger partial charge in [0, 0.05) is 10.7 Å². The number of carbonyl (C=O) groups excluding carboxylic acids is 1. The highest BCUT2D eigenvalue weighted by Gasteiger charge is 2.15. The van der Waals surface area contributed by atoms with Gasteiger partial charge in [0.05, 0.1) is 17.6 Å². The molecule has 4 nitrogen and oxygen atoms in total. The Morgan fingerprint density at radius 2 is 1.63 bits per heavy atom. The first kappa shape index (κ1) is 20.3. The monoisotopic (exact) mass is 308 g/mol. The van der Waals surface area contributed by atoms with Crippen LogP contribution >= 0.6 is 10.7 Å². The number of hydrogen-bond acceptors (Lipinski definition) is 4. The summed E-state index contributed by atoms with van der Waals surface area (Å²) in [7, 11) is 2.56. The van der Waals surface area contributed by atoms with Gasteiger partial charge in [-0.15, -0.1) is 0 Å². The fraction of sp³-hybridized carbons (Fsp3) is 0.462. The fourth-order valence-electron chi connectivity index (χ4n) is 1.08. The molecule has 0 aliphatic carbocycles. The Morgan fingerprint density at radius 3 is 2.00 bits per heavy atom. The lowest BCUT2D eigenvalue weighted by Crippen LogP contribution is -2.05. The van der Waals surface area contributed by atoms with Crippen LogP contribution in [0.3, 0.4) is 0 Å². The minimum Gasteiger partial charge on any atom is -0.465 e. The largest absolute Gasteiger partial charge is 0.465 e. The van der Waals surface area contributed by atoms with Crippen molar-refractivity contribution in [1.29, 1.82) is 0 Å². The number of halogens is 1. The highest BCUT2D eigenvalue weighted by Crippen LogP contribution is 2.19. The molecule has 110 valence electrons. The van der Waals surface area contributed by atoms with E-state index < -0.39 is 15.0 Å². The predicted octanol–water partition coefficient (Wildman–Crippen LogP) is 3.76. The van der Waals surface area contributed by atoms with E-state index in [4.69, 9.17) is 10.7 Å². The van der Waals surface area contributed by atoms with Crippen LogP contribution in [0.2, 0.25) is 0 Å². The summed E-state index contributed by atoms with van der Waals surface area (Å²) in [4.78, 5) is 11.1. The Morgan fingerprint density at radius 1 is 1.16 bits per heavy atom. The Balaban J connectivity index is 0. The third-order valence-corrected chi connectivity index (χ3v) is 3.25. The van der Waals surface area contributed by atoms with Gasteiger partial charge in [-0.25, -0.2) is 13.2 Å². The van der Waals surface area contributed by atoms with Crippen molar-refractivity contribution in [2.24, 2.45) is 0 Å². The van der Waals surface area contributed by atoms with Crippen molar-refractivity contribution in [2.75, 3.05) is 7.11 Å². The molecule has 0 unspecified atom stereocenters. The third kappa shape index (κ3) is 6.59.